The molecule has 0 radical (unpaired) electrons. The van der Waals surface area contributed by atoms with Crippen LogP contribution in [0.25, 0.3) is 0 Å². The lowest BCUT2D eigenvalue weighted by Crippen LogP contribution is -2.33. The fourth-order valence-electron chi connectivity index (χ4n) is 1.85. The largest absolute Gasteiger partial charge is 0.378 e. The van der Waals surface area contributed by atoms with Crippen LogP contribution in [0.1, 0.15) is 19.8 Å². The second kappa shape index (κ2) is 14.5. The SMILES string of the molecule is CC(=O)SCCOCCOCCOCCOCC(=O)ON1C(=O)CCC1=O. The molecule has 10 nitrogen and oxygen atoms in total. The quantitative estimate of drug-likeness (QED) is 0.270. The van der Waals surface area contributed by atoms with E-state index >= 15 is 0 Å². The van der Waals surface area contributed by atoms with Crippen LogP contribution in [0.4, 0.5) is 0 Å². The summed E-state index contributed by atoms with van der Waals surface area (Å²) in [7, 11) is 0. The fraction of sp³-hybridized carbons (Fsp3) is 0.750. The fourth-order valence-corrected chi connectivity index (χ4v) is 2.33. The Morgan fingerprint density at radius 2 is 1.33 bits per heavy atom. The Morgan fingerprint density at radius 3 is 1.85 bits per heavy atom. The molecule has 0 bridgehead atoms. The van der Waals surface area contributed by atoms with E-state index in [4.69, 9.17) is 18.9 Å². The van der Waals surface area contributed by atoms with E-state index in [1.165, 1.54) is 18.7 Å². The monoisotopic (exact) mass is 407 g/mol. The Hall–Kier alpha value is -1.53. The normalized spacial score (nSPS) is 14.0. The first-order chi connectivity index (χ1) is 13.0. The zero-order chi connectivity index (χ0) is 19.9. The highest BCUT2D eigenvalue weighted by Gasteiger charge is 2.32. The summed E-state index contributed by atoms with van der Waals surface area (Å²) in [4.78, 5) is 49.3. The summed E-state index contributed by atoms with van der Waals surface area (Å²) < 4.78 is 20.9. The van der Waals surface area contributed by atoms with E-state index in [0.717, 1.165) is 0 Å². The third-order valence-corrected chi connectivity index (χ3v) is 3.85. The van der Waals surface area contributed by atoms with Gasteiger partial charge in [-0.1, -0.05) is 11.8 Å². The van der Waals surface area contributed by atoms with E-state index in [1.54, 1.807) is 0 Å². The first-order valence-corrected chi connectivity index (χ1v) is 9.50. The summed E-state index contributed by atoms with van der Waals surface area (Å²) in [6, 6.07) is 0. The Balaban J connectivity index is 1.82. The molecule has 1 aliphatic rings. The first-order valence-electron chi connectivity index (χ1n) is 8.51. The van der Waals surface area contributed by atoms with Gasteiger partial charge in [-0.15, -0.1) is 5.06 Å². The number of imide groups is 1. The van der Waals surface area contributed by atoms with Crippen molar-refractivity contribution in [3.63, 3.8) is 0 Å². The van der Waals surface area contributed by atoms with E-state index in [2.05, 4.69) is 4.84 Å². The lowest BCUT2D eigenvalue weighted by atomic mass is 10.4. The van der Waals surface area contributed by atoms with E-state index in [9.17, 15) is 19.2 Å². The van der Waals surface area contributed by atoms with Crippen LogP contribution in [-0.4, -0.2) is 86.6 Å². The maximum Gasteiger partial charge on any atom is 0.358 e. The van der Waals surface area contributed by atoms with E-state index in [1.807, 2.05) is 0 Å². The molecule has 27 heavy (non-hydrogen) atoms. The van der Waals surface area contributed by atoms with E-state index in [0.29, 0.717) is 43.9 Å². The topological polar surface area (TPSA) is 118 Å². The number of nitrogens with zero attached hydrogens (tertiary/aromatic N) is 1. The van der Waals surface area contributed by atoms with Crippen LogP contribution in [-0.2, 0) is 43.0 Å². The summed E-state index contributed by atoms with van der Waals surface area (Å²) >= 11 is 1.22. The van der Waals surface area contributed by atoms with Crippen LogP contribution in [0.3, 0.4) is 0 Å². The third kappa shape index (κ3) is 11.7. The van der Waals surface area contributed by atoms with Crippen molar-refractivity contribution in [2.75, 3.05) is 58.6 Å². The van der Waals surface area contributed by atoms with Gasteiger partial charge in [-0.3, -0.25) is 14.4 Å². The minimum atomic E-state index is -0.816. The predicted octanol–water partition coefficient (Wildman–Crippen LogP) is -0.0603. The molecular weight excluding hydrogens is 382 g/mol. The van der Waals surface area contributed by atoms with Gasteiger partial charge in [0.1, 0.15) is 6.61 Å². The summed E-state index contributed by atoms with van der Waals surface area (Å²) in [6.07, 6.45) is 0.0991. The highest BCUT2D eigenvalue weighted by Crippen LogP contribution is 2.11. The minimum Gasteiger partial charge on any atom is -0.378 e. The zero-order valence-corrected chi connectivity index (χ0v) is 16.1. The van der Waals surface area contributed by atoms with Crippen molar-refractivity contribution in [2.24, 2.45) is 0 Å². The molecule has 1 aliphatic heterocycles. The van der Waals surface area contributed by atoms with Crippen LogP contribution < -0.4 is 0 Å². The number of rotatable bonds is 15. The average Bonchev–Trinajstić information content (AvgIpc) is 2.93. The number of carbonyl (C=O) groups is 4. The molecule has 1 fully saturated rings. The Labute approximate surface area is 161 Å². The number of hydrogen-bond acceptors (Lipinski definition) is 10. The highest BCUT2D eigenvalue weighted by molar-refractivity contribution is 8.13. The van der Waals surface area contributed by atoms with Crippen LogP contribution in [0.15, 0.2) is 0 Å². The van der Waals surface area contributed by atoms with Gasteiger partial charge in [-0.2, -0.15) is 0 Å². The van der Waals surface area contributed by atoms with Gasteiger partial charge < -0.3 is 23.8 Å². The molecule has 0 aromatic heterocycles. The van der Waals surface area contributed by atoms with Gasteiger partial charge in [0.05, 0.1) is 46.2 Å². The first kappa shape index (κ1) is 23.5. The molecule has 2 amide bonds. The molecule has 0 unspecified atom stereocenters. The number of carbonyl (C=O) groups excluding carboxylic acids is 4. The number of ether oxygens (including phenoxy) is 4. The molecular formula is C16H25NO9S. The molecule has 0 spiro atoms. The van der Waals surface area contributed by atoms with Crippen molar-refractivity contribution in [2.45, 2.75) is 19.8 Å². The van der Waals surface area contributed by atoms with Crippen molar-refractivity contribution in [1.29, 1.82) is 0 Å². The summed E-state index contributed by atoms with van der Waals surface area (Å²) in [5.74, 6) is -1.24. The van der Waals surface area contributed by atoms with Crippen molar-refractivity contribution >= 4 is 34.7 Å². The summed E-state index contributed by atoms with van der Waals surface area (Å²) in [5.41, 5.74) is 0. The lowest BCUT2D eigenvalue weighted by Gasteiger charge is -2.12. The van der Waals surface area contributed by atoms with Gasteiger partial charge in [0, 0.05) is 25.5 Å². The van der Waals surface area contributed by atoms with Crippen molar-refractivity contribution in [3.05, 3.63) is 0 Å². The molecule has 154 valence electrons. The molecule has 1 heterocycles. The molecule has 0 aromatic carbocycles. The lowest BCUT2D eigenvalue weighted by molar-refractivity contribution is -0.200. The second-order valence-electron chi connectivity index (χ2n) is 5.27. The molecule has 1 saturated heterocycles. The van der Waals surface area contributed by atoms with E-state index < -0.39 is 17.8 Å². The number of amides is 2. The van der Waals surface area contributed by atoms with Gasteiger partial charge >= 0.3 is 5.97 Å². The van der Waals surface area contributed by atoms with Gasteiger partial charge in [0.2, 0.25) is 0 Å². The Kier molecular flexibility index (Phi) is 12.6. The average molecular weight is 407 g/mol. The molecule has 11 heteroatoms. The Bertz CT molecular complexity index is 484. The highest BCUT2D eigenvalue weighted by atomic mass is 32.2. The van der Waals surface area contributed by atoms with Crippen molar-refractivity contribution in [3.8, 4) is 0 Å². The molecule has 0 N–H and O–H groups in total. The van der Waals surface area contributed by atoms with Crippen LogP contribution in [0.5, 0.6) is 0 Å². The van der Waals surface area contributed by atoms with Gasteiger partial charge in [0.25, 0.3) is 11.8 Å². The molecule has 0 aliphatic carbocycles. The number of hydroxylamine groups is 2. The van der Waals surface area contributed by atoms with E-state index in [-0.39, 0.29) is 37.8 Å². The Morgan fingerprint density at radius 1 is 0.852 bits per heavy atom. The minimum absolute atomic E-state index is 0.0495. The van der Waals surface area contributed by atoms with Crippen molar-refractivity contribution in [1.82, 2.24) is 5.06 Å². The smallest absolute Gasteiger partial charge is 0.358 e. The molecule has 0 saturated carbocycles. The van der Waals surface area contributed by atoms with Crippen LogP contribution in [0, 0.1) is 0 Å². The summed E-state index contributed by atoms with van der Waals surface area (Å²) in [6.45, 7) is 3.71. The maximum atomic E-state index is 11.4. The zero-order valence-electron chi connectivity index (χ0n) is 15.3. The third-order valence-electron chi connectivity index (χ3n) is 3.07. The van der Waals surface area contributed by atoms with Crippen LogP contribution >= 0.6 is 11.8 Å². The van der Waals surface area contributed by atoms with Gasteiger partial charge in [-0.05, 0) is 0 Å². The van der Waals surface area contributed by atoms with Gasteiger partial charge in [0.15, 0.2) is 5.12 Å². The summed E-state index contributed by atoms with van der Waals surface area (Å²) in [5, 5.41) is 0.551. The predicted molar refractivity (Wildman–Crippen MR) is 93.6 cm³/mol. The number of hydrogen-bond donors (Lipinski definition) is 0. The molecule has 0 aromatic rings. The molecule has 0 atom stereocenters. The molecule has 1 rings (SSSR count). The maximum absolute atomic E-state index is 11.4. The second-order valence-corrected chi connectivity index (χ2v) is 6.55. The van der Waals surface area contributed by atoms with Crippen LogP contribution in [0.2, 0.25) is 0 Å². The van der Waals surface area contributed by atoms with Crippen molar-refractivity contribution < 1.29 is 43.0 Å². The number of thioether (sulfide) groups is 1. The standard InChI is InChI=1S/C16H25NO9S/c1-13(18)27-11-10-24-7-6-22-4-5-23-8-9-25-12-16(21)26-17-14(19)2-3-15(17)20/h2-12H2,1H3. The van der Waals surface area contributed by atoms with Gasteiger partial charge in [-0.25, -0.2) is 4.79 Å².